The molecule has 2 heterocycles. The number of anilines is 1. The van der Waals surface area contributed by atoms with E-state index in [2.05, 4.69) is 28.8 Å². The van der Waals surface area contributed by atoms with Crippen LogP contribution in [0.15, 0.2) is 43.2 Å². The Morgan fingerprint density at radius 2 is 2.33 bits per heavy atom. The number of nitrogens with zero attached hydrogens (tertiary/aromatic N) is 3. The first-order chi connectivity index (χ1) is 8.70. The first-order valence-electron chi connectivity index (χ1n) is 6.03. The quantitative estimate of drug-likeness (QED) is 0.820. The lowest BCUT2D eigenvalue weighted by molar-refractivity contribution is 0.769. The lowest BCUT2D eigenvalue weighted by Gasteiger charge is -2.14. The van der Waals surface area contributed by atoms with E-state index in [1.165, 1.54) is 0 Å². The zero-order chi connectivity index (χ0) is 13.0. The van der Waals surface area contributed by atoms with Crippen molar-refractivity contribution in [1.82, 2.24) is 14.5 Å². The monoisotopic (exact) mass is 242 g/mol. The predicted molar refractivity (Wildman–Crippen MR) is 73.4 cm³/mol. The molecule has 2 rings (SSSR count). The SMILES string of the molecule is C=CCn1cc(C)nc1NC(C)c1ccccn1. The van der Waals surface area contributed by atoms with Gasteiger partial charge in [-0.15, -0.1) is 6.58 Å². The molecular formula is C14H18N4. The fourth-order valence-corrected chi connectivity index (χ4v) is 1.84. The highest BCUT2D eigenvalue weighted by molar-refractivity contribution is 5.32. The molecule has 94 valence electrons. The van der Waals surface area contributed by atoms with E-state index in [-0.39, 0.29) is 6.04 Å². The van der Waals surface area contributed by atoms with E-state index < -0.39 is 0 Å². The first kappa shape index (κ1) is 12.4. The fourth-order valence-electron chi connectivity index (χ4n) is 1.84. The van der Waals surface area contributed by atoms with Crippen molar-refractivity contribution in [2.75, 3.05) is 5.32 Å². The van der Waals surface area contributed by atoms with Gasteiger partial charge in [-0.3, -0.25) is 4.98 Å². The van der Waals surface area contributed by atoms with Gasteiger partial charge < -0.3 is 9.88 Å². The minimum atomic E-state index is 0.122. The molecule has 4 nitrogen and oxygen atoms in total. The summed E-state index contributed by atoms with van der Waals surface area (Å²) < 4.78 is 2.04. The lowest BCUT2D eigenvalue weighted by Crippen LogP contribution is -2.12. The van der Waals surface area contributed by atoms with Crippen molar-refractivity contribution >= 4 is 5.95 Å². The number of rotatable bonds is 5. The van der Waals surface area contributed by atoms with Crippen molar-refractivity contribution in [3.05, 3.63) is 54.6 Å². The summed E-state index contributed by atoms with van der Waals surface area (Å²) in [5, 5.41) is 3.37. The Bertz CT molecular complexity index is 516. The van der Waals surface area contributed by atoms with Crippen LogP contribution in [0.3, 0.4) is 0 Å². The molecule has 0 radical (unpaired) electrons. The molecule has 1 atom stereocenters. The van der Waals surface area contributed by atoms with E-state index in [4.69, 9.17) is 0 Å². The van der Waals surface area contributed by atoms with E-state index >= 15 is 0 Å². The highest BCUT2D eigenvalue weighted by Crippen LogP contribution is 2.17. The van der Waals surface area contributed by atoms with Crippen LogP contribution in [0.4, 0.5) is 5.95 Å². The molecule has 0 aliphatic rings. The largest absolute Gasteiger partial charge is 0.348 e. The van der Waals surface area contributed by atoms with Gasteiger partial charge >= 0.3 is 0 Å². The van der Waals surface area contributed by atoms with E-state index in [1.807, 2.05) is 42.0 Å². The van der Waals surface area contributed by atoms with Crippen LogP contribution in [0.25, 0.3) is 0 Å². The maximum absolute atomic E-state index is 4.47. The molecule has 0 aromatic carbocycles. The maximum atomic E-state index is 4.47. The van der Waals surface area contributed by atoms with Gasteiger partial charge in [0.05, 0.1) is 17.4 Å². The molecule has 0 saturated heterocycles. The molecule has 2 aromatic heterocycles. The highest BCUT2D eigenvalue weighted by atomic mass is 15.2. The third-order valence-electron chi connectivity index (χ3n) is 2.70. The maximum Gasteiger partial charge on any atom is 0.203 e. The van der Waals surface area contributed by atoms with Crippen molar-refractivity contribution in [1.29, 1.82) is 0 Å². The molecule has 18 heavy (non-hydrogen) atoms. The average Bonchev–Trinajstić information content (AvgIpc) is 2.71. The smallest absolute Gasteiger partial charge is 0.203 e. The number of allylic oxidation sites excluding steroid dienone is 1. The highest BCUT2D eigenvalue weighted by Gasteiger charge is 2.10. The Labute approximate surface area is 107 Å². The van der Waals surface area contributed by atoms with Gasteiger partial charge in [-0.05, 0) is 26.0 Å². The van der Waals surface area contributed by atoms with Crippen LogP contribution in [0.5, 0.6) is 0 Å². The number of hydrogen-bond donors (Lipinski definition) is 1. The van der Waals surface area contributed by atoms with Crippen LogP contribution in [-0.4, -0.2) is 14.5 Å². The van der Waals surface area contributed by atoms with Crippen molar-refractivity contribution in [2.45, 2.75) is 26.4 Å². The zero-order valence-electron chi connectivity index (χ0n) is 10.8. The molecule has 0 aliphatic carbocycles. The number of pyridine rings is 1. The Kier molecular flexibility index (Phi) is 3.77. The summed E-state index contributed by atoms with van der Waals surface area (Å²) in [4.78, 5) is 8.81. The summed E-state index contributed by atoms with van der Waals surface area (Å²) in [6, 6.07) is 6.03. The molecular weight excluding hydrogens is 224 g/mol. The van der Waals surface area contributed by atoms with Crippen LogP contribution in [-0.2, 0) is 6.54 Å². The first-order valence-corrected chi connectivity index (χ1v) is 6.03. The van der Waals surface area contributed by atoms with Gasteiger partial charge in [0.2, 0.25) is 5.95 Å². The molecule has 0 bridgehead atoms. The summed E-state index contributed by atoms with van der Waals surface area (Å²) in [6.07, 6.45) is 5.67. The van der Waals surface area contributed by atoms with Crippen molar-refractivity contribution < 1.29 is 0 Å². The van der Waals surface area contributed by atoms with Gasteiger partial charge in [0, 0.05) is 18.9 Å². The molecule has 1 N–H and O–H groups in total. The predicted octanol–water partition coefficient (Wildman–Crippen LogP) is 2.95. The van der Waals surface area contributed by atoms with Gasteiger partial charge in [0.1, 0.15) is 0 Å². The summed E-state index contributed by atoms with van der Waals surface area (Å²) >= 11 is 0. The van der Waals surface area contributed by atoms with Crippen LogP contribution >= 0.6 is 0 Å². The Morgan fingerprint density at radius 1 is 1.50 bits per heavy atom. The molecule has 0 amide bonds. The lowest BCUT2D eigenvalue weighted by atomic mass is 10.2. The fraction of sp³-hybridized carbons (Fsp3) is 0.286. The number of aryl methyl sites for hydroxylation is 1. The van der Waals surface area contributed by atoms with Crippen molar-refractivity contribution in [3.8, 4) is 0 Å². The summed E-state index contributed by atoms with van der Waals surface area (Å²) in [6.45, 7) is 8.56. The average molecular weight is 242 g/mol. The Hall–Kier alpha value is -2.10. The second kappa shape index (κ2) is 5.49. The van der Waals surface area contributed by atoms with E-state index in [0.717, 1.165) is 23.9 Å². The molecule has 0 fully saturated rings. The van der Waals surface area contributed by atoms with Crippen LogP contribution in [0.2, 0.25) is 0 Å². The van der Waals surface area contributed by atoms with Gasteiger partial charge in [-0.1, -0.05) is 12.1 Å². The summed E-state index contributed by atoms with van der Waals surface area (Å²) in [7, 11) is 0. The van der Waals surface area contributed by atoms with Crippen LogP contribution in [0, 0.1) is 6.92 Å². The number of hydrogen-bond acceptors (Lipinski definition) is 3. The third-order valence-corrected chi connectivity index (χ3v) is 2.70. The minimum Gasteiger partial charge on any atom is -0.348 e. The van der Waals surface area contributed by atoms with E-state index in [0.29, 0.717) is 0 Å². The van der Waals surface area contributed by atoms with Gasteiger partial charge in [0.15, 0.2) is 0 Å². The number of nitrogens with one attached hydrogen (secondary N) is 1. The van der Waals surface area contributed by atoms with Crippen LogP contribution < -0.4 is 5.32 Å². The van der Waals surface area contributed by atoms with Gasteiger partial charge in [-0.25, -0.2) is 4.98 Å². The van der Waals surface area contributed by atoms with Crippen LogP contribution in [0.1, 0.15) is 24.4 Å². The van der Waals surface area contributed by atoms with Gasteiger partial charge in [-0.2, -0.15) is 0 Å². The number of imidazole rings is 1. The Morgan fingerprint density at radius 3 is 3.00 bits per heavy atom. The molecule has 2 aromatic rings. The Balaban J connectivity index is 2.16. The number of aromatic nitrogens is 3. The zero-order valence-corrected chi connectivity index (χ0v) is 10.8. The topological polar surface area (TPSA) is 42.7 Å². The molecule has 0 spiro atoms. The van der Waals surface area contributed by atoms with Crippen molar-refractivity contribution in [3.63, 3.8) is 0 Å². The van der Waals surface area contributed by atoms with E-state index in [1.54, 1.807) is 6.20 Å². The molecule has 0 aliphatic heterocycles. The van der Waals surface area contributed by atoms with Crippen molar-refractivity contribution in [2.24, 2.45) is 0 Å². The second-order valence-electron chi connectivity index (χ2n) is 4.27. The van der Waals surface area contributed by atoms with E-state index in [9.17, 15) is 0 Å². The minimum absolute atomic E-state index is 0.122. The third kappa shape index (κ3) is 2.77. The normalized spacial score (nSPS) is 12.1. The molecule has 0 saturated carbocycles. The standard InChI is InChI=1S/C14H18N4/c1-4-9-18-10-11(2)16-14(18)17-12(3)13-7-5-6-8-15-13/h4-8,10,12H,1,9H2,2-3H3,(H,16,17). The molecule has 1 unspecified atom stereocenters. The van der Waals surface area contributed by atoms with Gasteiger partial charge in [0.25, 0.3) is 0 Å². The summed E-state index contributed by atoms with van der Waals surface area (Å²) in [5.74, 6) is 0.852. The second-order valence-corrected chi connectivity index (χ2v) is 4.27. The summed E-state index contributed by atoms with van der Waals surface area (Å²) in [5.41, 5.74) is 2.00. The molecule has 4 heteroatoms.